The number of aromatic nitrogens is 2. The zero-order valence-corrected chi connectivity index (χ0v) is 13.8. The molecule has 2 aromatic rings. The predicted octanol–water partition coefficient (Wildman–Crippen LogP) is 1.79. The number of aryl methyl sites for hydroxylation is 2. The molecule has 1 heterocycles. The molecule has 0 saturated carbocycles. The van der Waals surface area contributed by atoms with E-state index in [1.165, 1.54) is 11.6 Å². The Morgan fingerprint density at radius 2 is 2.09 bits per heavy atom. The minimum atomic E-state index is -0.680. The fourth-order valence-electron chi connectivity index (χ4n) is 2.90. The molecule has 1 atom stereocenters. The summed E-state index contributed by atoms with van der Waals surface area (Å²) < 4.78 is 3.23. The molecule has 1 unspecified atom stereocenters. The zero-order chi connectivity index (χ0) is 17.0. The molecule has 1 N–H and O–H groups in total. The van der Waals surface area contributed by atoms with Gasteiger partial charge in [-0.15, -0.1) is 0 Å². The van der Waals surface area contributed by atoms with Crippen molar-refractivity contribution in [3.8, 4) is 0 Å². The Kier molecular flexibility index (Phi) is 5.36. The largest absolute Gasteiger partial charge is 0.357 e. The van der Waals surface area contributed by atoms with Crippen LogP contribution in [0.5, 0.6) is 0 Å². The molecule has 23 heavy (non-hydrogen) atoms. The second-order valence-corrected chi connectivity index (χ2v) is 5.67. The Hall–Kier alpha value is -2.37. The summed E-state index contributed by atoms with van der Waals surface area (Å²) >= 11 is 0. The zero-order valence-electron chi connectivity index (χ0n) is 13.8. The number of nitrogens with one attached hydrogen (secondary N) is 1. The van der Waals surface area contributed by atoms with Crippen molar-refractivity contribution in [2.45, 2.75) is 45.7 Å². The number of fused-ring (bicyclic) bond motifs is 1. The quantitative estimate of drug-likeness (QED) is 0.791. The van der Waals surface area contributed by atoms with Gasteiger partial charge in [0.2, 0.25) is 5.91 Å². The average molecular weight is 317 g/mol. The van der Waals surface area contributed by atoms with Gasteiger partial charge in [-0.3, -0.25) is 13.9 Å². The number of aldehydes is 1. The summed E-state index contributed by atoms with van der Waals surface area (Å²) in [4.78, 5) is 35.9. The Labute approximate surface area is 135 Å². The van der Waals surface area contributed by atoms with Crippen LogP contribution in [0.25, 0.3) is 11.0 Å². The molecule has 1 aromatic heterocycles. The molecule has 0 radical (unpaired) electrons. The summed E-state index contributed by atoms with van der Waals surface area (Å²) in [5, 5.41) is 2.59. The van der Waals surface area contributed by atoms with E-state index in [0.717, 1.165) is 29.3 Å². The van der Waals surface area contributed by atoms with E-state index in [1.54, 1.807) is 4.57 Å². The van der Waals surface area contributed by atoms with E-state index < -0.39 is 6.04 Å². The number of benzene rings is 1. The number of amides is 1. The number of hydrogen-bond donors (Lipinski definition) is 1. The van der Waals surface area contributed by atoms with Crippen LogP contribution in [-0.2, 0) is 16.1 Å². The number of hydrogen-bond acceptors (Lipinski definition) is 3. The van der Waals surface area contributed by atoms with Crippen LogP contribution in [0.1, 0.15) is 37.8 Å². The highest BCUT2D eigenvalue weighted by molar-refractivity contribution is 5.84. The average Bonchev–Trinajstić information content (AvgIpc) is 2.80. The second kappa shape index (κ2) is 7.26. The van der Waals surface area contributed by atoms with Gasteiger partial charge in [-0.25, -0.2) is 4.79 Å². The van der Waals surface area contributed by atoms with Crippen LogP contribution in [0.2, 0.25) is 0 Å². The Balaban J connectivity index is 2.70. The van der Waals surface area contributed by atoms with Crippen LogP contribution in [-0.4, -0.2) is 28.4 Å². The normalized spacial score (nSPS) is 12.3. The van der Waals surface area contributed by atoms with Gasteiger partial charge in [0.05, 0.1) is 11.0 Å². The number of imidazole rings is 1. The number of rotatable bonds is 7. The Morgan fingerprint density at radius 1 is 1.35 bits per heavy atom. The summed E-state index contributed by atoms with van der Waals surface area (Å²) in [5.41, 5.74) is 2.42. The van der Waals surface area contributed by atoms with Gasteiger partial charge in [0, 0.05) is 20.0 Å². The van der Waals surface area contributed by atoms with Crippen molar-refractivity contribution in [3.63, 3.8) is 0 Å². The first-order valence-electron chi connectivity index (χ1n) is 7.91. The number of carbonyl (C=O) groups is 2. The van der Waals surface area contributed by atoms with Gasteiger partial charge in [-0.05, 0) is 37.5 Å². The van der Waals surface area contributed by atoms with Gasteiger partial charge in [0.25, 0.3) is 0 Å². The van der Waals surface area contributed by atoms with Crippen molar-refractivity contribution < 1.29 is 9.59 Å². The van der Waals surface area contributed by atoms with Crippen LogP contribution >= 0.6 is 0 Å². The van der Waals surface area contributed by atoms with Crippen molar-refractivity contribution in [2.75, 3.05) is 7.05 Å². The lowest BCUT2D eigenvalue weighted by Gasteiger charge is -2.16. The Morgan fingerprint density at radius 3 is 2.70 bits per heavy atom. The molecule has 124 valence electrons. The first-order valence-corrected chi connectivity index (χ1v) is 7.91. The summed E-state index contributed by atoms with van der Waals surface area (Å²) in [5.74, 6) is -0.259. The minimum absolute atomic E-state index is 0.202. The first-order chi connectivity index (χ1) is 11.0. The van der Waals surface area contributed by atoms with Crippen molar-refractivity contribution in [1.82, 2.24) is 14.5 Å². The monoisotopic (exact) mass is 317 g/mol. The van der Waals surface area contributed by atoms with Gasteiger partial charge < -0.3 is 10.1 Å². The number of likely N-dealkylation sites (N-methyl/N-ethyl adjacent to an activating group) is 1. The van der Waals surface area contributed by atoms with E-state index in [2.05, 4.69) is 5.32 Å². The van der Waals surface area contributed by atoms with E-state index in [0.29, 0.717) is 13.0 Å². The molecule has 1 aromatic carbocycles. The Bertz CT molecular complexity index is 773. The molecular formula is C17H23N3O3. The molecule has 0 aliphatic rings. The molecule has 1 amide bonds. The van der Waals surface area contributed by atoms with E-state index in [1.807, 2.05) is 32.0 Å². The minimum Gasteiger partial charge on any atom is -0.357 e. The number of carbonyl (C=O) groups excluding carboxylic acids is 2. The molecule has 0 saturated heterocycles. The molecule has 6 heteroatoms. The highest BCUT2D eigenvalue weighted by Gasteiger charge is 2.25. The summed E-state index contributed by atoms with van der Waals surface area (Å²) in [6.45, 7) is 4.58. The van der Waals surface area contributed by atoms with Gasteiger partial charge >= 0.3 is 5.69 Å². The van der Waals surface area contributed by atoms with Gasteiger partial charge in [-0.1, -0.05) is 13.0 Å². The highest BCUT2D eigenvalue weighted by atomic mass is 16.2. The van der Waals surface area contributed by atoms with Crippen LogP contribution in [0.3, 0.4) is 0 Å². The molecule has 0 aliphatic heterocycles. The third-order valence-electron chi connectivity index (χ3n) is 3.98. The fourth-order valence-corrected chi connectivity index (χ4v) is 2.90. The number of nitrogens with zero attached hydrogens (tertiary/aromatic N) is 2. The van der Waals surface area contributed by atoms with Gasteiger partial charge in [0.15, 0.2) is 0 Å². The summed E-state index contributed by atoms with van der Waals surface area (Å²) in [6, 6.07) is 5.08. The fraction of sp³-hybridized carbons (Fsp3) is 0.471. The van der Waals surface area contributed by atoms with E-state index in [9.17, 15) is 14.4 Å². The third-order valence-corrected chi connectivity index (χ3v) is 3.98. The maximum Gasteiger partial charge on any atom is 0.329 e. The van der Waals surface area contributed by atoms with Crippen LogP contribution < -0.4 is 11.0 Å². The standard InChI is InChI=1S/C17H23N3O3/c1-4-9-19-15-11-12(2)7-8-13(15)20(17(19)23)14(6-5-10-21)16(22)18-3/h7-8,10-11,14H,4-6,9H2,1-3H3,(H,18,22). The molecule has 0 spiro atoms. The predicted molar refractivity (Wildman–Crippen MR) is 89.6 cm³/mol. The van der Waals surface area contributed by atoms with Crippen molar-refractivity contribution >= 4 is 23.2 Å². The lowest BCUT2D eigenvalue weighted by atomic mass is 10.1. The SMILES string of the molecule is CCCn1c(=O)n(C(CCC=O)C(=O)NC)c2ccc(C)cc21. The smallest absolute Gasteiger partial charge is 0.329 e. The van der Waals surface area contributed by atoms with Crippen LogP contribution in [0.4, 0.5) is 0 Å². The van der Waals surface area contributed by atoms with Gasteiger partial charge in [-0.2, -0.15) is 0 Å². The molecule has 6 nitrogen and oxygen atoms in total. The highest BCUT2D eigenvalue weighted by Crippen LogP contribution is 2.22. The van der Waals surface area contributed by atoms with E-state index >= 15 is 0 Å². The van der Waals surface area contributed by atoms with E-state index in [-0.39, 0.29) is 18.0 Å². The van der Waals surface area contributed by atoms with Crippen LogP contribution in [0, 0.1) is 6.92 Å². The second-order valence-electron chi connectivity index (χ2n) is 5.67. The molecular weight excluding hydrogens is 294 g/mol. The van der Waals surface area contributed by atoms with Crippen LogP contribution in [0.15, 0.2) is 23.0 Å². The molecule has 0 bridgehead atoms. The molecule has 0 fully saturated rings. The molecule has 2 rings (SSSR count). The first kappa shape index (κ1) is 17.0. The molecule has 0 aliphatic carbocycles. The van der Waals surface area contributed by atoms with Crippen molar-refractivity contribution in [2.24, 2.45) is 0 Å². The van der Waals surface area contributed by atoms with Gasteiger partial charge in [0.1, 0.15) is 12.3 Å². The van der Waals surface area contributed by atoms with E-state index in [4.69, 9.17) is 0 Å². The summed E-state index contributed by atoms with van der Waals surface area (Å²) in [6.07, 6.45) is 2.14. The maximum absolute atomic E-state index is 12.9. The third kappa shape index (κ3) is 3.21. The van der Waals surface area contributed by atoms with Crippen molar-refractivity contribution in [1.29, 1.82) is 0 Å². The maximum atomic E-state index is 12.9. The lowest BCUT2D eigenvalue weighted by molar-refractivity contribution is -0.124. The topological polar surface area (TPSA) is 73.1 Å². The van der Waals surface area contributed by atoms with Crippen molar-refractivity contribution in [3.05, 3.63) is 34.2 Å². The summed E-state index contributed by atoms with van der Waals surface area (Å²) in [7, 11) is 1.54. The lowest BCUT2D eigenvalue weighted by Crippen LogP contribution is -2.36.